The Morgan fingerprint density at radius 1 is 1.27 bits per heavy atom. The maximum atomic E-state index is 12.7. The van der Waals surface area contributed by atoms with Crippen molar-refractivity contribution < 1.29 is 4.79 Å². The van der Waals surface area contributed by atoms with Crippen LogP contribution in [0, 0.1) is 0 Å². The predicted molar refractivity (Wildman–Crippen MR) is 93.1 cm³/mol. The molecule has 1 amide bonds. The second-order valence-electron chi connectivity index (χ2n) is 5.90. The summed E-state index contributed by atoms with van der Waals surface area (Å²) in [4.78, 5) is 17.0. The number of piperidine rings is 1. The number of likely N-dealkylation sites (tertiary alicyclic amines) is 1. The van der Waals surface area contributed by atoms with Crippen molar-refractivity contribution in [1.82, 2.24) is 10.2 Å². The molecule has 0 aromatic heterocycles. The summed E-state index contributed by atoms with van der Waals surface area (Å²) in [7, 11) is 2.00. The minimum absolute atomic E-state index is 0. The van der Waals surface area contributed by atoms with Gasteiger partial charge in [0.05, 0.1) is 6.04 Å². The minimum Gasteiger partial charge on any atom is -0.316 e. The molecule has 122 valence electrons. The van der Waals surface area contributed by atoms with Crippen molar-refractivity contribution >= 4 is 35.6 Å². The topological polar surface area (TPSA) is 35.6 Å². The standard InChI is InChI=1S/C16H22ClN3O.ClH/c1-18-13-5-3-8-19(11-13)15-7-9-20(16(15)21)14-6-2-4-12(17)10-14;/h2,4,6,10,13,15,18H,3,5,7-9,11H2,1H3;1H. The molecule has 4 nitrogen and oxygen atoms in total. The van der Waals surface area contributed by atoms with Gasteiger partial charge >= 0.3 is 0 Å². The molecule has 22 heavy (non-hydrogen) atoms. The second-order valence-corrected chi connectivity index (χ2v) is 6.33. The van der Waals surface area contributed by atoms with Gasteiger partial charge in [-0.15, -0.1) is 12.4 Å². The molecule has 2 fully saturated rings. The molecule has 2 unspecified atom stereocenters. The van der Waals surface area contributed by atoms with Gasteiger partial charge in [0, 0.05) is 29.8 Å². The fourth-order valence-electron chi connectivity index (χ4n) is 3.43. The maximum absolute atomic E-state index is 12.7. The summed E-state index contributed by atoms with van der Waals surface area (Å²) < 4.78 is 0. The molecular weight excluding hydrogens is 321 g/mol. The largest absolute Gasteiger partial charge is 0.316 e. The predicted octanol–water partition coefficient (Wildman–Crippen LogP) is 2.55. The molecule has 2 aliphatic rings. The number of nitrogens with one attached hydrogen (secondary N) is 1. The van der Waals surface area contributed by atoms with Crippen LogP contribution in [0.2, 0.25) is 5.02 Å². The smallest absolute Gasteiger partial charge is 0.244 e. The third-order valence-electron chi connectivity index (χ3n) is 4.60. The first-order chi connectivity index (χ1) is 10.2. The molecular formula is C16H23Cl2N3O. The molecule has 1 aromatic carbocycles. The Labute approximate surface area is 143 Å². The van der Waals surface area contributed by atoms with E-state index >= 15 is 0 Å². The highest BCUT2D eigenvalue weighted by molar-refractivity contribution is 6.30. The summed E-state index contributed by atoms with van der Waals surface area (Å²) in [6, 6.07) is 8.10. The van der Waals surface area contributed by atoms with Gasteiger partial charge in [-0.25, -0.2) is 0 Å². The maximum Gasteiger partial charge on any atom is 0.244 e. The van der Waals surface area contributed by atoms with Crippen molar-refractivity contribution in [2.75, 3.05) is 31.6 Å². The summed E-state index contributed by atoms with van der Waals surface area (Å²) in [6.45, 7) is 2.78. The number of rotatable bonds is 3. The molecule has 2 atom stereocenters. The Bertz CT molecular complexity index is 526. The van der Waals surface area contributed by atoms with Gasteiger partial charge in [0.2, 0.25) is 5.91 Å². The van der Waals surface area contributed by atoms with E-state index < -0.39 is 0 Å². The molecule has 2 aliphatic heterocycles. The van der Waals surface area contributed by atoms with E-state index in [0.717, 1.165) is 38.2 Å². The minimum atomic E-state index is 0. The summed E-state index contributed by atoms with van der Waals surface area (Å²) in [5, 5.41) is 4.02. The van der Waals surface area contributed by atoms with Crippen molar-refractivity contribution in [3.63, 3.8) is 0 Å². The molecule has 1 N–H and O–H groups in total. The van der Waals surface area contributed by atoms with E-state index in [1.807, 2.05) is 36.2 Å². The Morgan fingerprint density at radius 3 is 2.82 bits per heavy atom. The van der Waals surface area contributed by atoms with Gasteiger partial charge in [0.25, 0.3) is 0 Å². The third kappa shape index (κ3) is 3.57. The van der Waals surface area contributed by atoms with Crippen molar-refractivity contribution in [3.05, 3.63) is 29.3 Å². The average Bonchev–Trinajstić information content (AvgIpc) is 2.89. The van der Waals surface area contributed by atoms with Crippen LogP contribution in [0.5, 0.6) is 0 Å². The van der Waals surface area contributed by atoms with E-state index in [1.165, 1.54) is 6.42 Å². The zero-order valence-electron chi connectivity index (χ0n) is 12.8. The summed E-state index contributed by atoms with van der Waals surface area (Å²) in [6.07, 6.45) is 3.26. The number of carbonyl (C=O) groups excluding carboxylic acids is 1. The number of likely N-dealkylation sites (N-methyl/N-ethyl adjacent to an activating group) is 1. The van der Waals surface area contributed by atoms with Crippen LogP contribution in [0.4, 0.5) is 5.69 Å². The van der Waals surface area contributed by atoms with Gasteiger partial charge in [-0.2, -0.15) is 0 Å². The molecule has 0 spiro atoms. The van der Waals surface area contributed by atoms with Crippen LogP contribution in [0.25, 0.3) is 0 Å². The Kier molecular flexibility index (Phi) is 6.09. The number of anilines is 1. The fourth-order valence-corrected chi connectivity index (χ4v) is 3.61. The average molecular weight is 344 g/mol. The monoisotopic (exact) mass is 343 g/mol. The molecule has 0 saturated carbocycles. The quantitative estimate of drug-likeness (QED) is 0.915. The highest BCUT2D eigenvalue weighted by Crippen LogP contribution is 2.27. The number of carbonyl (C=O) groups is 1. The van der Waals surface area contributed by atoms with Crippen LogP contribution >= 0.6 is 24.0 Å². The molecule has 2 heterocycles. The van der Waals surface area contributed by atoms with Crippen LogP contribution in [0.15, 0.2) is 24.3 Å². The highest BCUT2D eigenvalue weighted by Gasteiger charge is 2.38. The number of hydrogen-bond acceptors (Lipinski definition) is 3. The van der Waals surface area contributed by atoms with Gasteiger partial charge in [0.15, 0.2) is 0 Å². The summed E-state index contributed by atoms with van der Waals surface area (Å²) >= 11 is 6.04. The van der Waals surface area contributed by atoms with Crippen molar-refractivity contribution in [2.45, 2.75) is 31.3 Å². The van der Waals surface area contributed by atoms with Gasteiger partial charge in [-0.05, 0) is 51.1 Å². The Morgan fingerprint density at radius 2 is 2.09 bits per heavy atom. The second kappa shape index (κ2) is 7.64. The third-order valence-corrected chi connectivity index (χ3v) is 4.83. The number of hydrogen-bond donors (Lipinski definition) is 1. The number of amides is 1. The molecule has 6 heteroatoms. The lowest BCUT2D eigenvalue weighted by Gasteiger charge is -2.35. The van der Waals surface area contributed by atoms with E-state index in [-0.39, 0.29) is 24.4 Å². The van der Waals surface area contributed by atoms with E-state index in [4.69, 9.17) is 11.6 Å². The van der Waals surface area contributed by atoms with E-state index in [0.29, 0.717) is 11.1 Å². The Balaban J connectivity index is 0.00000176. The van der Waals surface area contributed by atoms with E-state index in [2.05, 4.69) is 10.2 Å². The first-order valence-corrected chi connectivity index (χ1v) is 8.05. The SMILES string of the molecule is CNC1CCCN(C2CCN(c3cccc(Cl)c3)C2=O)C1.Cl. The van der Waals surface area contributed by atoms with Crippen LogP contribution in [0.1, 0.15) is 19.3 Å². The lowest BCUT2D eigenvalue weighted by molar-refractivity contribution is -0.122. The van der Waals surface area contributed by atoms with E-state index in [1.54, 1.807) is 0 Å². The van der Waals surface area contributed by atoms with Gasteiger partial charge in [-0.3, -0.25) is 9.69 Å². The first kappa shape index (κ1) is 17.5. The van der Waals surface area contributed by atoms with Crippen LogP contribution in [-0.4, -0.2) is 49.6 Å². The molecule has 0 aliphatic carbocycles. The van der Waals surface area contributed by atoms with Crippen molar-refractivity contribution in [1.29, 1.82) is 0 Å². The van der Waals surface area contributed by atoms with Crippen LogP contribution in [-0.2, 0) is 4.79 Å². The fraction of sp³-hybridized carbons (Fsp3) is 0.562. The zero-order valence-corrected chi connectivity index (χ0v) is 14.4. The molecule has 0 radical (unpaired) electrons. The van der Waals surface area contributed by atoms with Crippen molar-refractivity contribution in [3.8, 4) is 0 Å². The molecule has 3 rings (SSSR count). The molecule has 0 bridgehead atoms. The van der Waals surface area contributed by atoms with Gasteiger partial charge in [0.1, 0.15) is 0 Å². The normalized spacial score (nSPS) is 26.1. The van der Waals surface area contributed by atoms with E-state index in [9.17, 15) is 4.79 Å². The lowest BCUT2D eigenvalue weighted by Crippen LogP contribution is -2.51. The summed E-state index contributed by atoms with van der Waals surface area (Å²) in [5.41, 5.74) is 0.914. The summed E-state index contributed by atoms with van der Waals surface area (Å²) in [5.74, 6) is 0.217. The number of benzene rings is 1. The Hall–Kier alpha value is -0.810. The van der Waals surface area contributed by atoms with Gasteiger partial charge < -0.3 is 10.2 Å². The zero-order chi connectivity index (χ0) is 14.8. The lowest BCUT2D eigenvalue weighted by atomic mass is 10.0. The number of nitrogens with zero attached hydrogens (tertiary/aromatic N) is 2. The molecule has 2 saturated heterocycles. The highest BCUT2D eigenvalue weighted by atomic mass is 35.5. The van der Waals surface area contributed by atoms with Crippen molar-refractivity contribution in [2.24, 2.45) is 0 Å². The first-order valence-electron chi connectivity index (χ1n) is 7.67. The number of halogens is 2. The van der Waals surface area contributed by atoms with Crippen LogP contribution < -0.4 is 10.2 Å². The van der Waals surface area contributed by atoms with Gasteiger partial charge in [-0.1, -0.05) is 17.7 Å². The molecule has 1 aromatic rings. The van der Waals surface area contributed by atoms with Crippen LogP contribution in [0.3, 0.4) is 0 Å².